The van der Waals surface area contributed by atoms with Crippen molar-refractivity contribution in [2.24, 2.45) is 17.6 Å². The maximum Gasteiger partial charge on any atom is 0.312 e. The predicted molar refractivity (Wildman–Crippen MR) is 155 cm³/mol. The lowest BCUT2D eigenvalue weighted by Gasteiger charge is -2.40. The van der Waals surface area contributed by atoms with Crippen LogP contribution < -0.4 is 21.7 Å². The number of carbonyl (C=O) groups excluding carboxylic acids is 4. The molecule has 0 bridgehead atoms. The molecule has 6 N–H and O–H groups in total. The third-order valence-electron chi connectivity index (χ3n) is 6.86. The number of ether oxygens (including phenoxy) is 3. The highest BCUT2D eigenvalue weighted by atomic mass is 16.5. The Balaban J connectivity index is 1.98. The van der Waals surface area contributed by atoms with Crippen LogP contribution in [0.5, 0.6) is 0 Å². The quantitative estimate of drug-likeness (QED) is 0.149. The van der Waals surface area contributed by atoms with Gasteiger partial charge in [0.05, 0.1) is 45.7 Å². The molecule has 0 aliphatic carbocycles. The molecule has 5 amide bonds. The van der Waals surface area contributed by atoms with Crippen molar-refractivity contribution in [3.63, 3.8) is 0 Å². The zero-order valence-electron chi connectivity index (χ0n) is 24.9. The Morgan fingerprint density at radius 3 is 2.38 bits per heavy atom. The van der Waals surface area contributed by atoms with E-state index in [1.807, 2.05) is 37.3 Å². The first-order valence-corrected chi connectivity index (χ1v) is 14.4. The number of likely N-dealkylation sites (tertiary alicyclic amines) is 1. The highest BCUT2D eigenvalue weighted by molar-refractivity contribution is 5.88. The summed E-state index contributed by atoms with van der Waals surface area (Å²) >= 11 is 0. The van der Waals surface area contributed by atoms with Crippen LogP contribution in [0.2, 0.25) is 0 Å². The molecule has 0 aromatic heterocycles. The van der Waals surface area contributed by atoms with Gasteiger partial charge in [0, 0.05) is 26.6 Å². The first-order valence-electron chi connectivity index (χ1n) is 14.4. The van der Waals surface area contributed by atoms with E-state index in [0.29, 0.717) is 32.9 Å². The number of primary amides is 1. The molecule has 0 radical (unpaired) electrons. The minimum Gasteiger partial charge on any atom is -0.394 e. The number of hydrogen-bond acceptors (Lipinski definition) is 8. The maximum atomic E-state index is 13.7. The standard InChI is InChI=1S/C29H47N5O8/c1-20-15-24(16-25(33-29(30)39)27(37)31-9-11-40-13-14-41-12-10-35)18-34(17-20)28(38)26(32-22(3)36)21(2)42-19-23-7-5-4-6-8-23/h4-8,20-21,24-26,35H,9-19H2,1-3H3,(H,31,37)(H,32,36)(H3,30,33,39). The average Bonchev–Trinajstić information content (AvgIpc) is 2.95. The molecule has 13 heteroatoms. The van der Waals surface area contributed by atoms with E-state index in [0.717, 1.165) is 12.0 Å². The molecule has 2 rings (SSSR count). The van der Waals surface area contributed by atoms with E-state index in [4.69, 9.17) is 25.1 Å². The second kappa shape index (κ2) is 19.0. The van der Waals surface area contributed by atoms with Gasteiger partial charge >= 0.3 is 6.03 Å². The number of benzene rings is 1. The molecule has 0 spiro atoms. The number of nitrogens with zero attached hydrogens (tertiary/aromatic N) is 1. The second-order valence-electron chi connectivity index (χ2n) is 10.7. The van der Waals surface area contributed by atoms with E-state index in [9.17, 15) is 19.2 Å². The first kappa shape index (κ1) is 34.9. The summed E-state index contributed by atoms with van der Waals surface area (Å²) in [6, 6.07) is 6.98. The third kappa shape index (κ3) is 13.1. The van der Waals surface area contributed by atoms with Crippen LogP contribution in [0.15, 0.2) is 30.3 Å². The summed E-state index contributed by atoms with van der Waals surface area (Å²) in [5, 5.41) is 16.7. The number of nitrogens with one attached hydrogen (secondary N) is 3. The lowest BCUT2D eigenvalue weighted by Crippen LogP contribution is -2.57. The Hall–Kier alpha value is -3.26. The van der Waals surface area contributed by atoms with Crippen molar-refractivity contribution >= 4 is 23.8 Å². The summed E-state index contributed by atoms with van der Waals surface area (Å²) < 4.78 is 16.5. The third-order valence-corrected chi connectivity index (χ3v) is 6.86. The predicted octanol–water partition coefficient (Wildman–Crippen LogP) is 0.150. The van der Waals surface area contributed by atoms with Gasteiger partial charge in [-0.15, -0.1) is 0 Å². The fourth-order valence-electron chi connectivity index (χ4n) is 5.02. The van der Waals surface area contributed by atoms with Gasteiger partial charge in [-0.25, -0.2) is 4.79 Å². The molecule has 1 aromatic carbocycles. The highest BCUT2D eigenvalue weighted by Crippen LogP contribution is 2.26. The largest absolute Gasteiger partial charge is 0.394 e. The fraction of sp³-hybridized carbons (Fsp3) is 0.655. The average molecular weight is 594 g/mol. The molecule has 42 heavy (non-hydrogen) atoms. The van der Waals surface area contributed by atoms with E-state index in [-0.39, 0.29) is 56.4 Å². The molecule has 236 valence electrons. The van der Waals surface area contributed by atoms with Crippen molar-refractivity contribution in [1.29, 1.82) is 0 Å². The van der Waals surface area contributed by atoms with Crippen molar-refractivity contribution in [3.8, 4) is 0 Å². The van der Waals surface area contributed by atoms with Crippen LogP contribution in [-0.4, -0.2) is 105 Å². The zero-order chi connectivity index (χ0) is 30.9. The summed E-state index contributed by atoms with van der Waals surface area (Å²) in [7, 11) is 0. The van der Waals surface area contributed by atoms with Crippen molar-refractivity contribution < 1.29 is 38.5 Å². The Kier molecular flexibility index (Phi) is 15.8. The SMILES string of the molecule is CC(=O)NC(C(=O)N1CC(C)CC(CC(NC(N)=O)C(=O)NCCOCCOCCO)C1)C(C)OCc1ccccc1. The van der Waals surface area contributed by atoms with E-state index in [2.05, 4.69) is 16.0 Å². The molecule has 5 atom stereocenters. The minimum absolute atomic E-state index is 0.0613. The Bertz CT molecular complexity index is 982. The second-order valence-corrected chi connectivity index (χ2v) is 10.7. The normalized spacial score (nSPS) is 18.9. The van der Waals surface area contributed by atoms with Crippen LogP contribution in [0.4, 0.5) is 4.79 Å². The molecular formula is C29H47N5O8. The van der Waals surface area contributed by atoms with Crippen LogP contribution in [0.3, 0.4) is 0 Å². The number of piperidine rings is 1. The molecule has 1 aliphatic heterocycles. The van der Waals surface area contributed by atoms with Gasteiger partial charge in [0.1, 0.15) is 12.1 Å². The Labute approximate surface area is 247 Å². The van der Waals surface area contributed by atoms with Gasteiger partial charge < -0.3 is 45.9 Å². The van der Waals surface area contributed by atoms with Crippen molar-refractivity contribution in [3.05, 3.63) is 35.9 Å². The summed E-state index contributed by atoms with van der Waals surface area (Å²) in [5.41, 5.74) is 6.31. The first-order chi connectivity index (χ1) is 20.1. The van der Waals surface area contributed by atoms with Crippen molar-refractivity contribution in [2.45, 2.75) is 58.4 Å². The lowest BCUT2D eigenvalue weighted by atomic mass is 9.85. The molecule has 1 aromatic rings. The Morgan fingerprint density at radius 1 is 1.05 bits per heavy atom. The number of carbonyl (C=O) groups is 4. The minimum atomic E-state index is -0.887. The zero-order valence-corrected chi connectivity index (χ0v) is 24.9. The number of aliphatic hydroxyl groups excluding tert-OH is 1. The molecule has 1 fully saturated rings. The van der Waals surface area contributed by atoms with Crippen LogP contribution >= 0.6 is 0 Å². The van der Waals surface area contributed by atoms with Gasteiger partial charge in [-0.1, -0.05) is 37.3 Å². The molecule has 1 aliphatic rings. The lowest BCUT2D eigenvalue weighted by molar-refractivity contribution is -0.143. The molecule has 5 unspecified atom stereocenters. The number of urea groups is 1. The van der Waals surface area contributed by atoms with Crippen molar-refractivity contribution in [2.75, 3.05) is 52.7 Å². The van der Waals surface area contributed by atoms with Gasteiger partial charge in [-0.2, -0.15) is 0 Å². The number of rotatable bonds is 18. The fourth-order valence-corrected chi connectivity index (χ4v) is 5.02. The van der Waals surface area contributed by atoms with Gasteiger partial charge in [-0.3, -0.25) is 14.4 Å². The van der Waals surface area contributed by atoms with Crippen molar-refractivity contribution in [1.82, 2.24) is 20.9 Å². The number of amides is 5. The monoisotopic (exact) mass is 593 g/mol. The summed E-state index contributed by atoms with van der Waals surface area (Å²) in [6.45, 7) is 7.57. The number of nitrogens with two attached hydrogens (primary N) is 1. The maximum absolute atomic E-state index is 13.7. The molecule has 1 heterocycles. The molecule has 1 saturated heterocycles. The highest BCUT2D eigenvalue weighted by Gasteiger charge is 2.36. The van der Waals surface area contributed by atoms with Crippen LogP contribution in [0.25, 0.3) is 0 Å². The van der Waals surface area contributed by atoms with Crippen LogP contribution in [0, 0.1) is 11.8 Å². The van der Waals surface area contributed by atoms with E-state index < -0.39 is 30.1 Å². The topological polar surface area (TPSA) is 182 Å². The van der Waals surface area contributed by atoms with Crippen LogP contribution in [-0.2, 0) is 35.2 Å². The van der Waals surface area contributed by atoms with E-state index in [1.54, 1.807) is 11.8 Å². The van der Waals surface area contributed by atoms with Gasteiger partial charge in [0.2, 0.25) is 17.7 Å². The molecular weight excluding hydrogens is 546 g/mol. The Morgan fingerprint density at radius 2 is 1.74 bits per heavy atom. The van der Waals surface area contributed by atoms with Gasteiger partial charge in [0.25, 0.3) is 0 Å². The number of hydrogen-bond donors (Lipinski definition) is 5. The number of aliphatic hydroxyl groups is 1. The molecule has 13 nitrogen and oxygen atoms in total. The van der Waals surface area contributed by atoms with E-state index in [1.165, 1.54) is 6.92 Å². The van der Waals surface area contributed by atoms with E-state index >= 15 is 0 Å². The molecule has 0 saturated carbocycles. The summed E-state index contributed by atoms with van der Waals surface area (Å²) in [5.74, 6) is -0.965. The van der Waals surface area contributed by atoms with Gasteiger partial charge in [0.15, 0.2) is 0 Å². The summed E-state index contributed by atoms with van der Waals surface area (Å²) in [6.07, 6.45) is 0.440. The van der Waals surface area contributed by atoms with Gasteiger partial charge in [-0.05, 0) is 37.2 Å². The smallest absolute Gasteiger partial charge is 0.312 e. The summed E-state index contributed by atoms with van der Waals surface area (Å²) in [4.78, 5) is 52.0. The van der Waals surface area contributed by atoms with Crippen LogP contribution in [0.1, 0.15) is 39.2 Å².